The first-order chi connectivity index (χ1) is 15.7. The second kappa shape index (κ2) is 12.6. The van der Waals surface area contributed by atoms with E-state index in [2.05, 4.69) is 30.5 Å². The number of aromatic amines is 1. The van der Waals surface area contributed by atoms with Gasteiger partial charge in [-0.25, -0.2) is 14.8 Å². The SMILES string of the molecule is COc1ccc(CN(CCNC(=O)NCCSCc2nc[nH]c2C)c2ccccn2)cc1. The first kappa shape index (κ1) is 23.5. The molecule has 0 aliphatic rings. The molecule has 2 aromatic heterocycles. The molecule has 8 nitrogen and oxygen atoms in total. The summed E-state index contributed by atoms with van der Waals surface area (Å²) in [5.41, 5.74) is 3.30. The highest BCUT2D eigenvalue weighted by molar-refractivity contribution is 7.98. The van der Waals surface area contributed by atoms with Crippen LogP contribution in [0.15, 0.2) is 55.0 Å². The third kappa shape index (κ3) is 7.49. The number of pyridine rings is 1. The molecule has 3 N–H and O–H groups in total. The van der Waals surface area contributed by atoms with Gasteiger partial charge in [-0.15, -0.1) is 0 Å². The maximum absolute atomic E-state index is 12.1. The van der Waals surface area contributed by atoms with Gasteiger partial charge in [0.1, 0.15) is 11.6 Å². The summed E-state index contributed by atoms with van der Waals surface area (Å²) in [6.07, 6.45) is 3.48. The second-order valence-electron chi connectivity index (χ2n) is 7.17. The largest absolute Gasteiger partial charge is 0.497 e. The van der Waals surface area contributed by atoms with Gasteiger partial charge in [0.05, 0.1) is 19.1 Å². The number of ether oxygens (including phenoxy) is 1. The van der Waals surface area contributed by atoms with Crippen LogP contribution in [0.5, 0.6) is 5.75 Å². The number of carbonyl (C=O) groups is 1. The molecular weight excluding hydrogens is 424 g/mol. The Morgan fingerprint density at radius 2 is 1.94 bits per heavy atom. The van der Waals surface area contributed by atoms with Crippen molar-refractivity contribution in [2.24, 2.45) is 0 Å². The van der Waals surface area contributed by atoms with Crippen LogP contribution < -0.4 is 20.3 Å². The van der Waals surface area contributed by atoms with Crippen LogP contribution in [0.3, 0.4) is 0 Å². The first-order valence-corrected chi connectivity index (χ1v) is 11.7. The molecule has 0 aliphatic heterocycles. The zero-order valence-corrected chi connectivity index (χ0v) is 19.3. The van der Waals surface area contributed by atoms with Crippen LogP contribution in [0.25, 0.3) is 0 Å². The van der Waals surface area contributed by atoms with Crippen molar-refractivity contribution >= 4 is 23.6 Å². The predicted molar refractivity (Wildman–Crippen MR) is 129 cm³/mol. The summed E-state index contributed by atoms with van der Waals surface area (Å²) in [7, 11) is 1.66. The topological polar surface area (TPSA) is 95.2 Å². The lowest BCUT2D eigenvalue weighted by atomic mass is 10.2. The van der Waals surface area contributed by atoms with E-state index in [0.717, 1.165) is 40.0 Å². The van der Waals surface area contributed by atoms with Gasteiger partial charge in [0.2, 0.25) is 0 Å². The van der Waals surface area contributed by atoms with E-state index in [9.17, 15) is 4.79 Å². The number of hydrogen-bond donors (Lipinski definition) is 3. The molecule has 170 valence electrons. The van der Waals surface area contributed by atoms with Crippen LogP contribution in [0.2, 0.25) is 0 Å². The Hall–Kier alpha value is -3.20. The van der Waals surface area contributed by atoms with E-state index in [4.69, 9.17) is 4.74 Å². The Balaban J connectivity index is 1.40. The fourth-order valence-corrected chi connectivity index (χ4v) is 3.95. The molecule has 0 aliphatic carbocycles. The molecule has 0 saturated heterocycles. The molecule has 9 heteroatoms. The smallest absolute Gasteiger partial charge is 0.314 e. The number of carbonyl (C=O) groups excluding carboxylic acids is 1. The van der Waals surface area contributed by atoms with E-state index in [1.54, 1.807) is 31.4 Å². The molecule has 32 heavy (non-hydrogen) atoms. The summed E-state index contributed by atoms with van der Waals surface area (Å²) in [4.78, 5) is 26.1. The number of H-pyrrole nitrogens is 1. The molecule has 1 aromatic carbocycles. The Morgan fingerprint density at radius 1 is 1.12 bits per heavy atom. The Bertz CT molecular complexity index is 949. The average Bonchev–Trinajstić information content (AvgIpc) is 3.23. The van der Waals surface area contributed by atoms with E-state index in [1.165, 1.54) is 0 Å². The minimum atomic E-state index is -0.160. The highest BCUT2D eigenvalue weighted by atomic mass is 32.2. The standard InChI is InChI=1S/C23H30N6O2S/c1-18-21(28-17-27-18)16-32-14-12-26-23(30)25-11-13-29(22-5-3-4-10-24-22)15-19-6-8-20(31-2)9-7-19/h3-10,17H,11-16H2,1-2H3,(H,27,28)(H2,25,26,30). The highest BCUT2D eigenvalue weighted by Crippen LogP contribution is 2.16. The number of aromatic nitrogens is 3. The van der Waals surface area contributed by atoms with Crippen molar-refractivity contribution in [1.82, 2.24) is 25.6 Å². The van der Waals surface area contributed by atoms with Gasteiger partial charge in [-0.05, 0) is 36.8 Å². The van der Waals surface area contributed by atoms with Crippen LogP contribution in [0.1, 0.15) is 17.0 Å². The Kier molecular flexibility index (Phi) is 9.24. The van der Waals surface area contributed by atoms with E-state index >= 15 is 0 Å². The molecule has 2 heterocycles. The summed E-state index contributed by atoms with van der Waals surface area (Å²) in [5.74, 6) is 3.37. The second-order valence-corrected chi connectivity index (χ2v) is 8.27. The van der Waals surface area contributed by atoms with Crippen molar-refractivity contribution < 1.29 is 9.53 Å². The molecule has 0 spiro atoms. The van der Waals surface area contributed by atoms with Crippen molar-refractivity contribution in [3.63, 3.8) is 0 Å². The van der Waals surface area contributed by atoms with Gasteiger partial charge in [-0.2, -0.15) is 11.8 Å². The summed E-state index contributed by atoms with van der Waals surface area (Å²) in [6, 6.07) is 13.6. The molecule has 3 aromatic rings. The van der Waals surface area contributed by atoms with Crippen molar-refractivity contribution in [3.8, 4) is 5.75 Å². The lowest BCUT2D eigenvalue weighted by molar-refractivity contribution is 0.241. The molecular formula is C23H30N6O2S. The number of amides is 2. The molecule has 0 bridgehead atoms. The van der Waals surface area contributed by atoms with Crippen molar-refractivity contribution in [1.29, 1.82) is 0 Å². The Labute approximate surface area is 193 Å². The number of benzene rings is 1. The van der Waals surface area contributed by atoms with E-state index in [0.29, 0.717) is 26.2 Å². The minimum absolute atomic E-state index is 0.160. The van der Waals surface area contributed by atoms with Gasteiger partial charge in [0.25, 0.3) is 0 Å². The number of thioether (sulfide) groups is 1. The number of methoxy groups -OCH3 is 1. The van der Waals surface area contributed by atoms with Crippen molar-refractivity contribution in [3.05, 3.63) is 71.9 Å². The van der Waals surface area contributed by atoms with Crippen LogP contribution in [-0.2, 0) is 12.3 Å². The lowest BCUT2D eigenvalue weighted by Crippen LogP contribution is -2.41. The third-order valence-corrected chi connectivity index (χ3v) is 5.85. The van der Waals surface area contributed by atoms with Crippen LogP contribution in [0.4, 0.5) is 10.6 Å². The number of aryl methyl sites for hydroxylation is 1. The van der Waals surface area contributed by atoms with E-state index < -0.39 is 0 Å². The predicted octanol–water partition coefficient (Wildman–Crippen LogP) is 3.36. The zero-order valence-electron chi connectivity index (χ0n) is 18.5. The number of hydrogen-bond acceptors (Lipinski definition) is 6. The van der Waals surface area contributed by atoms with Gasteiger partial charge in [0.15, 0.2) is 0 Å². The number of anilines is 1. The average molecular weight is 455 g/mol. The fourth-order valence-electron chi connectivity index (χ4n) is 3.07. The van der Waals surface area contributed by atoms with Crippen LogP contribution in [-0.4, -0.2) is 53.5 Å². The van der Waals surface area contributed by atoms with Gasteiger partial charge < -0.3 is 25.3 Å². The normalized spacial score (nSPS) is 10.6. The van der Waals surface area contributed by atoms with Gasteiger partial charge in [-0.1, -0.05) is 18.2 Å². The monoisotopic (exact) mass is 454 g/mol. The quantitative estimate of drug-likeness (QED) is 0.363. The highest BCUT2D eigenvalue weighted by Gasteiger charge is 2.10. The van der Waals surface area contributed by atoms with Gasteiger partial charge in [0, 0.05) is 49.6 Å². The van der Waals surface area contributed by atoms with Gasteiger partial charge >= 0.3 is 6.03 Å². The number of urea groups is 1. The van der Waals surface area contributed by atoms with Crippen LogP contribution >= 0.6 is 11.8 Å². The van der Waals surface area contributed by atoms with E-state index in [1.807, 2.05) is 49.4 Å². The number of rotatable bonds is 12. The van der Waals surface area contributed by atoms with Crippen molar-refractivity contribution in [2.45, 2.75) is 19.2 Å². The lowest BCUT2D eigenvalue weighted by Gasteiger charge is -2.24. The molecule has 0 saturated carbocycles. The molecule has 0 radical (unpaired) electrons. The number of nitrogens with one attached hydrogen (secondary N) is 3. The molecule has 2 amide bonds. The minimum Gasteiger partial charge on any atom is -0.497 e. The fraction of sp³-hybridized carbons (Fsp3) is 0.348. The van der Waals surface area contributed by atoms with E-state index in [-0.39, 0.29) is 6.03 Å². The summed E-state index contributed by atoms with van der Waals surface area (Å²) >= 11 is 1.75. The molecule has 0 unspecified atom stereocenters. The number of nitrogens with zero attached hydrogens (tertiary/aromatic N) is 3. The first-order valence-electron chi connectivity index (χ1n) is 10.5. The zero-order chi connectivity index (χ0) is 22.6. The summed E-state index contributed by atoms with van der Waals surface area (Å²) in [6.45, 7) is 4.46. The number of imidazole rings is 1. The molecule has 3 rings (SSSR count). The summed E-state index contributed by atoms with van der Waals surface area (Å²) in [5, 5.41) is 5.84. The van der Waals surface area contributed by atoms with Crippen LogP contribution in [0, 0.1) is 6.92 Å². The third-order valence-electron chi connectivity index (χ3n) is 4.88. The van der Waals surface area contributed by atoms with Crippen molar-refractivity contribution in [2.75, 3.05) is 37.4 Å². The molecule has 0 fully saturated rings. The Morgan fingerprint density at radius 3 is 2.62 bits per heavy atom. The van der Waals surface area contributed by atoms with Gasteiger partial charge in [-0.3, -0.25) is 0 Å². The maximum atomic E-state index is 12.1. The molecule has 0 atom stereocenters. The summed E-state index contributed by atoms with van der Waals surface area (Å²) < 4.78 is 5.24. The maximum Gasteiger partial charge on any atom is 0.314 e.